The third kappa shape index (κ3) is 8.89. The number of nitrogens with zero attached hydrogens (tertiary/aromatic N) is 4. The maximum atomic E-state index is 12.0. The number of aromatic nitrogens is 4. The summed E-state index contributed by atoms with van der Waals surface area (Å²) in [6.45, 7) is 0. The predicted octanol–water partition coefficient (Wildman–Crippen LogP) is 6.88. The summed E-state index contributed by atoms with van der Waals surface area (Å²) in [5.41, 5.74) is 5.96. The standard InChI is InChI=1S/C44H28N4O12S4.Co/c49-61(50,51)29-9-1-25(2-10-29)41-33-17-19-35(45-33)42(26-3-11-30(12-4-26)62(52,53)54)37-21-23-39(47-37)44(28-7-15-32(16-8-28)64(58,59)60)40-24-22-38(48-40)43(36-20-18-34(41)46-36)27-5-13-31(14-6-27)63(55,56)57;/h1-24H,(H,49,50,51)(H,52,53,54)(H,55,56,57)(H,58,59,60);/q-2;+2/p-2. The Bertz CT molecular complexity index is 3300. The molecular formula is C44H26CoN4O12S4-2. The first kappa shape index (κ1) is 45.2. The molecular weight excluding hydrogens is 964 g/mol. The number of benzene rings is 4. The molecule has 0 spiro atoms. The normalized spacial score (nSPS) is 12.9. The molecule has 329 valence electrons. The van der Waals surface area contributed by atoms with E-state index in [0.29, 0.717) is 89.4 Å². The maximum absolute atomic E-state index is 12.0. The van der Waals surface area contributed by atoms with Crippen LogP contribution in [0.3, 0.4) is 0 Å². The van der Waals surface area contributed by atoms with Crippen LogP contribution in [-0.2, 0) is 57.3 Å². The monoisotopic (exact) mass is 989 g/mol. The third-order valence-electron chi connectivity index (χ3n) is 10.4. The van der Waals surface area contributed by atoms with Crippen LogP contribution < -0.4 is 9.97 Å². The number of hydrogen-bond donors (Lipinski definition) is 2. The Balaban J connectivity index is 0.00000576. The van der Waals surface area contributed by atoms with Crippen LogP contribution in [0, 0.1) is 0 Å². The second-order valence-corrected chi connectivity index (χ2v) is 19.9. The molecule has 65 heavy (non-hydrogen) atoms. The molecule has 3 aromatic heterocycles. The summed E-state index contributed by atoms with van der Waals surface area (Å²) in [6, 6.07) is 27.8. The van der Waals surface area contributed by atoms with Gasteiger partial charge in [-0.3, -0.25) is 9.11 Å². The first-order valence-corrected chi connectivity index (χ1v) is 24.3. The van der Waals surface area contributed by atoms with E-state index in [2.05, 4.69) is 0 Å². The molecule has 2 aliphatic rings. The molecule has 1 radical (unpaired) electrons. The fraction of sp³-hybridized carbons (Fsp3) is 0. The first-order valence-electron chi connectivity index (χ1n) is 18.6. The van der Waals surface area contributed by atoms with Crippen molar-refractivity contribution in [2.75, 3.05) is 0 Å². The van der Waals surface area contributed by atoms with Gasteiger partial charge in [0.2, 0.25) is 0 Å². The van der Waals surface area contributed by atoms with Gasteiger partial charge in [-0.05, 0) is 117 Å². The molecule has 16 nitrogen and oxygen atoms in total. The molecule has 7 aromatic rings. The topological polar surface area (TPSA) is 277 Å². The molecule has 0 saturated heterocycles. The summed E-state index contributed by atoms with van der Waals surface area (Å²) in [5, 5.41) is 0. The fourth-order valence-corrected chi connectivity index (χ4v) is 9.33. The zero-order valence-corrected chi connectivity index (χ0v) is 36.9. The smallest absolute Gasteiger partial charge is 0.744 e. The summed E-state index contributed by atoms with van der Waals surface area (Å²) in [7, 11) is -18.8. The predicted molar refractivity (Wildman–Crippen MR) is 234 cm³/mol. The van der Waals surface area contributed by atoms with Gasteiger partial charge in [0, 0.05) is 0 Å². The van der Waals surface area contributed by atoms with Crippen molar-refractivity contribution in [2.45, 2.75) is 19.6 Å². The van der Waals surface area contributed by atoms with Crippen molar-refractivity contribution in [2.24, 2.45) is 0 Å². The fourth-order valence-electron chi connectivity index (χ4n) is 7.43. The van der Waals surface area contributed by atoms with E-state index in [9.17, 15) is 51.9 Å². The zero-order chi connectivity index (χ0) is 45.3. The molecule has 0 saturated carbocycles. The first-order chi connectivity index (χ1) is 30.2. The van der Waals surface area contributed by atoms with E-state index in [0.717, 1.165) is 24.3 Å². The Morgan fingerprint density at radius 3 is 0.769 bits per heavy atom. The molecule has 0 amide bonds. The summed E-state index contributed by atoms with van der Waals surface area (Å²) in [5.74, 6) is 0. The maximum Gasteiger partial charge on any atom is 2.00 e. The van der Waals surface area contributed by atoms with Gasteiger partial charge in [-0.15, -0.1) is 22.1 Å². The van der Waals surface area contributed by atoms with E-state index in [-0.39, 0.29) is 26.6 Å². The second kappa shape index (κ2) is 16.6. The van der Waals surface area contributed by atoms with Crippen molar-refractivity contribution in [3.05, 3.63) is 144 Å². The average molecular weight is 990 g/mol. The van der Waals surface area contributed by atoms with E-state index in [4.69, 9.17) is 19.9 Å². The van der Waals surface area contributed by atoms with Gasteiger partial charge in [0.05, 0.1) is 42.4 Å². The van der Waals surface area contributed by atoms with Crippen molar-refractivity contribution in [1.82, 2.24) is 19.9 Å². The Morgan fingerprint density at radius 1 is 0.354 bits per heavy atom. The van der Waals surface area contributed by atoms with E-state index in [1.54, 1.807) is 48.6 Å². The Kier molecular flexibility index (Phi) is 11.5. The van der Waals surface area contributed by atoms with E-state index >= 15 is 0 Å². The molecule has 8 bridgehead atoms. The van der Waals surface area contributed by atoms with Gasteiger partial charge in [-0.25, -0.2) is 26.8 Å². The van der Waals surface area contributed by atoms with Crippen LogP contribution in [0.4, 0.5) is 0 Å². The molecule has 0 fully saturated rings. The zero-order valence-electron chi connectivity index (χ0n) is 32.6. The average Bonchev–Trinajstić information content (AvgIpc) is 4.08. The SMILES string of the molecule is O=S(=O)([O-])c1ccc(-c2c3nc(c(-c4ccc(S(=O)(=O)O)cc4)c4ccc([n-]4)c(-c4ccc(S(=O)(=O)O)cc4)c4nc(c(-c5ccc(S(=O)(=O)[O-])cc5)c5ccc2[n-]5)C=C4)C=C3)cc1.[Co+2]. The molecule has 0 unspecified atom stereocenters. The van der Waals surface area contributed by atoms with Crippen LogP contribution in [-0.4, -0.2) is 61.9 Å². The minimum absolute atomic E-state index is 0. The van der Waals surface area contributed by atoms with Crippen LogP contribution in [0.1, 0.15) is 22.8 Å². The number of hydrogen-bond acceptors (Lipinski definition) is 12. The number of fused-ring (bicyclic) bond motifs is 8. The van der Waals surface area contributed by atoms with Crippen molar-refractivity contribution in [1.29, 1.82) is 0 Å². The van der Waals surface area contributed by atoms with Gasteiger partial charge in [-0.2, -0.15) is 16.8 Å². The molecule has 5 heterocycles. The van der Waals surface area contributed by atoms with E-state index in [1.807, 2.05) is 0 Å². The minimum atomic E-state index is -4.81. The second-order valence-electron chi connectivity index (χ2n) is 14.3. The van der Waals surface area contributed by atoms with Crippen molar-refractivity contribution < 1.29 is 68.7 Å². The number of rotatable bonds is 8. The molecule has 2 aliphatic heterocycles. The van der Waals surface area contributed by atoms with Gasteiger partial charge >= 0.3 is 16.8 Å². The summed E-state index contributed by atoms with van der Waals surface area (Å²) >= 11 is 0. The van der Waals surface area contributed by atoms with Gasteiger partial charge in [0.25, 0.3) is 20.2 Å². The van der Waals surface area contributed by atoms with Gasteiger partial charge in [-0.1, -0.05) is 72.8 Å². The van der Waals surface area contributed by atoms with Crippen LogP contribution in [0.25, 0.3) is 90.9 Å². The van der Waals surface area contributed by atoms with E-state index in [1.165, 1.54) is 72.8 Å². The van der Waals surface area contributed by atoms with Gasteiger partial charge < -0.3 is 19.1 Å². The molecule has 0 atom stereocenters. The van der Waals surface area contributed by atoms with E-state index < -0.39 is 50.3 Å². The molecule has 4 aromatic carbocycles. The van der Waals surface area contributed by atoms with Crippen molar-refractivity contribution >= 4 is 86.8 Å². The van der Waals surface area contributed by atoms with Crippen LogP contribution >= 0.6 is 0 Å². The summed E-state index contributed by atoms with van der Waals surface area (Å²) in [4.78, 5) is 18.3. The minimum Gasteiger partial charge on any atom is -0.744 e. The third-order valence-corrected chi connectivity index (χ3v) is 13.8. The molecule has 2 N–H and O–H groups in total. The largest absolute Gasteiger partial charge is 2.00 e. The quantitative estimate of drug-likeness (QED) is 0.147. The Morgan fingerprint density at radius 2 is 0.569 bits per heavy atom. The molecule has 21 heteroatoms. The van der Waals surface area contributed by atoms with Crippen LogP contribution in [0.15, 0.2) is 141 Å². The van der Waals surface area contributed by atoms with Gasteiger partial charge in [0.1, 0.15) is 20.2 Å². The van der Waals surface area contributed by atoms with Crippen molar-refractivity contribution in [3.63, 3.8) is 0 Å². The van der Waals surface area contributed by atoms with Crippen LogP contribution in [0.2, 0.25) is 0 Å². The van der Waals surface area contributed by atoms with Gasteiger partial charge in [0.15, 0.2) is 0 Å². The van der Waals surface area contributed by atoms with Crippen LogP contribution in [0.5, 0.6) is 0 Å². The summed E-state index contributed by atoms with van der Waals surface area (Å²) in [6.07, 6.45) is 6.72. The Hall–Kier alpha value is -6.37. The summed E-state index contributed by atoms with van der Waals surface area (Å²) < 4.78 is 139. The molecule has 0 aliphatic carbocycles. The molecule has 9 rings (SSSR count). The van der Waals surface area contributed by atoms with Crippen molar-refractivity contribution in [3.8, 4) is 44.5 Å². The Labute approximate surface area is 381 Å².